The number of aliphatic carboxylic acids is 1. The zero-order valence-electron chi connectivity index (χ0n) is 10.3. The number of hydrogen-bond donors (Lipinski definition) is 1. The molecule has 3 rings (SSSR count). The Morgan fingerprint density at radius 2 is 1.80 bits per heavy atom. The first-order valence-electron chi connectivity index (χ1n) is 5.94. The van der Waals surface area contributed by atoms with Crippen molar-refractivity contribution < 1.29 is 9.90 Å². The van der Waals surface area contributed by atoms with Crippen molar-refractivity contribution in [2.24, 2.45) is 10.2 Å². The van der Waals surface area contributed by atoms with Crippen LogP contribution in [0.15, 0.2) is 65.1 Å². The van der Waals surface area contributed by atoms with Gasteiger partial charge < -0.3 is 5.11 Å². The number of nitrogens with zero attached hydrogens (tertiary/aromatic N) is 4. The van der Waals surface area contributed by atoms with Crippen molar-refractivity contribution in [2.75, 3.05) is 0 Å². The molecule has 0 radical (unpaired) electrons. The van der Waals surface area contributed by atoms with E-state index in [2.05, 4.69) is 20.2 Å². The molecule has 98 valence electrons. The molecule has 0 amide bonds. The summed E-state index contributed by atoms with van der Waals surface area (Å²) in [6.45, 7) is 0. The Morgan fingerprint density at radius 3 is 2.40 bits per heavy atom. The molecule has 6 nitrogen and oxygen atoms in total. The van der Waals surface area contributed by atoms with Gasteiger partial charge in [-0.3, -0.25) is 9.97 Å². The summed E-state index contributed by atoms with van der Waals surface area (Å²) >= 11 is 0. The topological polar surface area (TPSA) is 87.8 Å². The number of rotatable bonds is 3. The van der Waals surface area contributed by atoms with Crippen molar-refractivity contribution in [2.45, 2.75) is 5.54 Å². The fourth-order valence-corrected chi connectivity index (χ4v) is 1.96. The molecule has 0 saturated heterocycles. The zero-order valence-corrected chi connectivity index (χ0v) is 10.3. The maximum absolute atomic E-state index is 11.6. The number of aromatic nitrogens is 2. The van der Waals surface area contributed by atoms with Crippen LogP contribution >= 0.6 is 0 Å². The van der Waals surface area contributed by atoms with Gasteiger partial charge in [-0.25, -0.2) is 4.79 Å². The molecule has 1 aliphatic heterocycles. The highest BCUT2D eigenvalue weighted by molar-refractivity contribution is 5.87. The Labute approximate surface area is 114 Å². The van der Waals surface area contributed by atoms with Crippen LogP contribution in [0, 0.1) is 0 Å². The first kappa shape index (κ1) is 12.2. The summed E-state index contributed by atoms with van der Waals surface area (Å²) in [6, 6.07) is 10.4. The molecule has 3 heterocycles. The highest BCUT2D eigenvalue weighted by atomic mass is 16.4. The van der Waals surface area contributed by atoms with Crippen LogP contribution in [0.2, 0.25) is 0 Å². The predicted octanol–water partition coefficient (Wildman–Crippen LogP) is 2.26. The molecule has 1 atom stereocenters. The molecule has 2 aromatic heterocycles. The van der Waals surface area contributed by atoms with Gasteiger partial charge >= 0.3 is 5.97 Å². The minimum Gasteiger partial charge on any atom is -0.479 e. The van der Waals surface area contributed by atoms with E-state index in [1.807, 2.05) is 0 Å². The van der Waals surface area contributed by atoms with Crippen LogP contribution < -0.4 is 0 Å². The van der Waals surface area contributed by atoms with Gasteiger partial charge in [0, 0.05) is 12.4 Å². The molecular formula is C14H10N4O2. The molecule has 1 unspecified atom stereocenters. The predicted molar refractivity (Wildman–Crippen MR) is 70.6 cm³/mol. The van der Waals surface area contributed by atoms with E-state index in [1.165, 1.54) is 12.3 Å². The Bertz CT molecular complexity index is 698. The normalized spacial score (nSPS) is 20.7. The first-order chi connectivity index (χ1) is 9.72. The van der Waals surface area contributed by atoms with E-state index < -0.39 is 11.5 Å². The summed E-state index contributed by atoms with van der Waals surface area (Å²) in [4.78, 5) is 19.9. The summed E-state index contributed by atoms with van der Waals surface area (Å²) in [5, 5.41) is 17.4. The maximum Gasteiger partial charge on any atom is 0.344 e. The summed E-state index contributed by atoms with van der Waals surface area (Å²) in [5.41, 5.74) is -0.246. The molecule has 1 N–H and O–H groups in total. The van der Waals surface area contributed by atoms with Gasteiger partial charge in [0.15, 0.2) is 0 Å². The quantitative estimate of drug-likeness (QED) is 0.922. The molecule has 0 fully saturated rings. The lowest BCUT2D eigenvalue weighted by Gasteiger charge is -2.15. The molecular weight excluding hydrogens is 256 g/mol. The van der Waals surface area contributed by atoms with Crippen LogP contribution in [-0.2, 0) is 10.3 Å². The van der Waals surface area contributed by atoms with E-state index in [9.17, 15) is 9.90 Å². The SMILES string of the molecule is O=C(O)C1(c2ccccn2)C=C(c2ccccn2)N=N1. The minimum atomic E-state index is -1.58. The maximum atomic E-state index is 11.6. The van der Waals surface area contributed by atoms with E-state index >= 15 is 0 Å². The van der Waals surface area contributed by atoms with Gasteiger partial charge in [0.25, 0.3) is 0 Å². The van der Waals surface area contributed by atoms with E-state index in [0.717, 1.165) is 0 Å². The van der Waals surface area contributed by atoms with Crippen LogP contribution in [0.1, 0.15) is 11.4 Å². The fraction of sp³-hybridized carbons (Fsp3) is 0.0714. The zero-order chi connectivity index (χ0) is 14.0. The lowest BCUT2D eigenvalue weighted by molar-refractivity contribution is -0.141. The van der Waals surface area contributed by atoms with Gasteiger partial charge in [0.05, 0.1) is 11.4 Å². The molecule has 0 saturated carbocycles. The Kier molecular flexibility index (Phi) is 2.83. The van der Waals surface area contributed by atoms with Crippen molar-refractivity contribution in [3.8, 4) is 0 Å². The molecule has 0 aliphatic carbocycles. The van der Waals surface area contributed by atoms with Crippen LogP contribution in [0.3, 0.4) is 0 Å². The monoisotopic (exact) mass is 266 g/mol. The number of azo groups is 1. The highest BCUT2D eigenvalue weighted by Crippen LogP contribution is 2.36. The molecule has 0 bridgehead atoms. The average molecular weight is 266 g/mol. The lowest BCUT2D eigenvalue weighted by Crippen LogP contribution is -2.31. The Balaban J connectivity index is 2.10. The molecule has 2 aromatic rings. The van der Waals surface area contributed by atoms with Crippen molar-refractivity contribution in [1.82, 2.24) is 9.97 Å². The second kappa shape index (κ2) is 4.65. The van der Waals surface area contributed by atoms with Gasteiger partial charge in [-0.15, -0.1) is 0 Å². The summed E-state index contributed by atoms with van der Waals surface area (Å²) < 4.78 is 0. The molecule has 0 spiro atoms. The third-order valence-electron chi connectivity index (χ3n) is 2.97. The van der Waals surface area contributed by atoms with Crippen LogP contribution in [0.25, 0.3) is 5.70 Å². The van der Waals surface area contributed by atoms with Gasteiger partial charge in [-0.2, -0.15) is 10.2 Å². The Hall–Kier alpha value is -2.89. The van der Waals surface area contributed by atoms with Gasteiger partial charge in [-0.05, 0) is 30.3 Å². The van der Waals surface area contributed by atoms with E-state index in [-0.39, 0.29) is 0 Å². The van der Waals surface area contributed by atoms with Crippen LogP contribution in [0.5, 0.6) is 0 Å². The molecule has 0 aromatic carbocycles. The number of carbonyl (C=O) groups is 1. The Morgan fingerprint density at radius 1 is 1.05 bits per heavy atom. The van der Waals surface area contributed by atoms with Gasteiger partial charge in [0.1, 0.15) is 5.70 Å². The summed E-state index contributed by atoms with van der Waals surface area (Å²) in [5.74, 6) is -1.12. The van der Waals surface area contributed by atoms with Crippen molar-refractivity contribution in [3.05, 3.63) is 66.3 Å². The van der Waals surface area contributed by atoms with Crippen molar-refractivity contribution >= 4 is 11.7 Å². The number of pyridine rings is 2. The van der Waals surface area contributed by atoms with Crippen molar-refractivity contribution in [1.29, 1.82) is 0 Å². The van der Waals surface area contributed by atoms with Gasteiger partial charge in [0.2, 0.25) is 5.54 Å². The van der Waals surface area contributed by atoms with E-state index in [0.29, 0.717) is 17.1 Å². The average Bonchev–Trinajstić information content (AvgIpc) is 2.96. The molecule has 20 heavy (non-hydrogen) atoms. The number of carboxylic acid groups (broad SMARTS) is 1. The summed E-state index contributed by atoms with van der Waals surface area (Å²) in [6.07, 6.45) is 4.62. The molecule has 1 aliphatic rings. The number of hydrogen-bond acceptors (Lipinski definition) is 5. The second-order valence-corrected chi connectivity index (χ2v) is 4.23. The number of carboxylic acids is 1. The van der Waals surface area contributed by atoms with Crippen LogP contribution in [0.4, 0.5) is 0 Å². The largest absolute Gasteiger partial charge is 0.479 e. The highest BCUT2D eigenvalue weighted by Gasteiger charge is 2.44. The van der Waals surface area contributed by atoms with E-state index in [1.54, 1.807) is 42.6 Å². The van der Waals surface area contributed by atoms with Crippen molar-refractivity contribution in [3.63, 3.8) is 0 Å². The minimum absolute atomic E-state index is 0.321. The standard InChI is InChI=1S/C14H10N4O2/c19-13(20)14(12-6-2-4-8-16-12)9-11(17-18-14)10-5-1-3-7-15-10/h1-9H,(H,19,20). The van der Waals surface area contributed by atoms with Crippen LogP contribution in [-0.4, -0.2) is 21.0 Å². The molecule has 6 heteroatoms. The van der Waals surface area contributed by atoms with Gasteiger partial charge in [-0.1, -0.05) is 12.1 Å². The smallest absolute Gasteiger partial charge is 0.344 e. The lowest BCUT2D eigenvalue weighted by atomic mass is 9.95. The second-order valence-electron chi connectivity index (χ2n) is 4.23. The first-order valence-corrected chi connectivity index (χ1v) is 5.94. The summed E-state index contributed by atoms with van der Waals surface area (Å²) in [7, 11) is 0. The van der Waals surface area contributed by atoms with E-state index in [4.69, 9.17) is 0 Å². The third-order valence-corrected chi connectivity index (χ3v) is 2.97. The third kappa shape index (κ3) is 1.87. The fourth-order valence-electron chi connectivity index (χ4n) is 1.96.